The fourth-order valence-corrected chi connectivity index (χ4v) is 3.70. The summed E-state index contributed by atoms with van der Waals surface area (Å²) in [6, 6.07) is 0.430. The van der Waals surface area contributed by atoms with Gasteiger partial charge in [-0.05, 0) is 40.7 Å². The van der Waals surface area contributed by atoms with Crippen molar-refractivity contribution < 1.29 is 0 Å². The molecule has 0 spiro atoms. The number of nitrogens with one attached hydrogen (secondary N) is 1. The van der Waals surface area contributed by atoms with Crippen molar-refractivity contribution in [1.29, 1.82) is 0 Å². The average Bonchev–Trinajstić information content (AvgIpc) is 2.84. The van der Waals surface area contributed by atoms with E-state index in [-0.39, 0.29) is 0 Å². The maximum absolute atomic E-state index is 4.35. The third-order valence-corrected chi connectivity index (χ3v) is 4.62. The van der Waals surface area contributed by atoms with Gasteiger partial charge in [0, 0.05) is 7.05 Å². The SMILES string of the molecule is CCNC(c1c(Br)cnn1C)C1CCCC1C. The Hall–Kier alpha value is -0.350. The monoisotopic (exact) mass is 299 g/mol. The lowest BCUT2D eigenvalue weighted by molar-refractivity contribution is 0.293. The summed E-state index contributed by atoms with van der Waals surface area (Å²) in [7, 11) is 2.03. The molecule has 1 aliphatic rings. The Morgan fingerprint density at radius 2 is 2.35 bits per heavy atom. The molecule has 0 aromatic carbocycles. The van der Waals surface area contributed by atoms with E-state index in [0.29, 0.717) is 6.04 Å². The maximum atomic E-state index is 4.35. The number of aromatic nitrogens is 2. The van der Waals surface area contributed by atoms with Crippen LogP contribution < -0.4 is 5.32 Å². The molecule has 3 unspecified atom stereocenters. The summed E-state index contributed by atoms with van der Waals surface area (Å²) in [6.07, 6.45) is 5.96. The minimum Gasteiger partial charge on any atom is -0.309 e. The smallest absolute Gasteiger partial charge is 0.0695 e. The minimum absolute atomic E-state index is 0.430. The van der Waals surface area contributed by atoms with E-state index in [1.54, 1.807) is 0 Å². The van der Waals surface area contributed by atoms with Crippen molar-refractivity contribution in [3.63, 3.8) is 0 Å². The van der Waals surface area contributed by atoms with Crippen molar-refractivity contribution in [1.82, 2.24) is 15.1 Å². The summed E-state index contributed by atoms with van der Waals surface area (Å²) in [5, 5.41) is 7.99. The van der Waals surface area contributed by atoms with E-state index in [2.05, 4.69) is 40.2 Å². The van der Waals surface area contributed by atoms with E-state index in [0.717, 1.165) is 22.9 Å². The van der Waals surface area contributed by atoms with Crippen molar-refractivity contribution in [2.45, 2.75) is 39.2 Å². The molecule has 0 aliphatic heterocycles. The molecule has 1 aromatic rings. The molecule has 3 atom stereocenters. The predicted octanol–water partition coefficient (Wildman–Crippen LogP) is 3.27. The van der Waals surface area contributed by atoms with Crippen LogP contribution in [0.4, 0.5) is 0 Å². The molecule has 2 rings (SSSR count). The van der Waals surface area contributed by atoms with Gasteiger partial charge >= 0.3 is 0 Å². The molecule has 0 amide bonds. The van der Waals surface area contributed by atoms with Gasteiger partial charge in [0.15, 0.2) is 0 Å². The lowest BCUT2D eigenvalue weighted by atomic mass is 9.88. The van der Waals surface area contributed by atoms with Crippen LogP contribution in [0.5, 0.6) is 0 Å². The molecule has 1 aromatic heterocycles. The molecule has 96 valence electrons. The number of hydrogen-bond donors (Lipinski definition) is 1. The lowest BCUT2D eigenvalue weighted by Crippen LogP contribution is -2.31. The molecule has 0 saturated heterocycles. The first-order valence-electron chi connectivity index (χ1n) is 6.56. The normalized spacial score (nSPS) is 26.4. The second-order valence-electron chi connectivity index (χ2n) is 5.11. The van der Waals surface area contributed by atoms with Gasteiger partial charge in [-0.3, -0.25) is 4.68 Å². The topological polar surface area (TPSA) is 29.9 Å². The van der Waals surface area contributed by atoms with Crippen LogP contribution in [-0.2, 0) is 7.05 Å². The van der Waals surface area contributed by atoms with Crippen LogP contribution in [0.25, 0.3) is 0 Å². The van der Waals surface area contributed by atoms with E-state index in [4.69, 9.17) is 0 Å². The van der Waals surface area contributed by atoms with Crippen LogP contribution in [0, 0.1) is 11.8 Å². The zero-order valence-electron chi connectivity index (χ0n) is 10.9. The second-order valence-corrected chi connectivity index (χ2v) is 5.96. The molecule has 1 heterocycles. The first-order valence-corrected chi connectivity index (χ1v) is 7.35. The number of nitrogens with zero attached hydrogens (tertiary/aromatic N) is 2. The third-order valence-electron chi connectivity index (χ3n) is 4.01. The Balaban J connectivity index is 2.28. The highest BCUT2D eigenvalue weighted by molar-refractivity contribution is 9.10. The van der Waals surface area contributed by atoms with Gasteiger partial charge in [0.25, 0.3) is 0 Å². The van der Waals surface area contributed by atoms with Crippen LogP contribution in [0.2, 0.25) is 0 Å². The van der Waals surface area contributed by atoms with Gasteiger partial charge < -0.3 is 5.32 Å². The minimum atomic E-state index is 0.430. The summed E-state index contributed by atoms with van der Waals surface area (Å²) < 4.78 is 3.13. The van der Waals surface area contributed by atoms with Crippen molar-refractivity contribution in [2.75, 3.05) is 6.54 Å². The van der Waals surface area contributed by atoms with Crippen molar-refractivity contribution in [3.8, 4) is 0 Å². The number of aryl methyl sites for hydroxylation is 1. The summed E-state index contributed by atoms with van der Waals surface area (Å²) in [6.45, 7) is 5.56. The van der Waals surface area contributed by atoms with Crippen LogP contribution in [-0.4, -0.2) is 16.3 Å². The largest absolute Gasteiger partial charge is 0.309 e. The van der Waals surface area contributed by atoms with Gasteiger partial charge in [-0.15, -0.1) is 0 Å². The summed E-state index contributed by atoms with van der Waals surface area (Å²) in [5.41, 5.74) is 1.30. The van der Waals surface area contributed by atoms with Gasteiger partial charge in [0.2, 0.25) is 0 Å². The van der Waals surface area contributed by atoms with E-state index < -0.39 is 0 Å². The number of halogens is 1. The van der Waals surface area contributed by atoms with Gasteiger partial charge in [-0.2, -0.15) is 5.10 Å². The molecular weight excluding hydrogens is 278 g/mol. The fourth-order valence-electron chi connectivity index (χ4n) is 3.11. The molecule has 1 saturated carbocycles. The predicted molar refractivity (Wildman–Crippen MR) is 73.8 cm³/mol. The number of hydrogen-bond acceptors (Lipinski definition) is 2. The molecule has 4 heteroatoms. The Kier molecular flexibility index (Phi) is 4.26. The summed E-state index contributed by atoms with van der Waals surface area (Å²) >= 11 is 3.63. The molecular formula is C13H22BrN3. The van der Waals surface area contributed by atoms with E-state index in [1.165, 1.54) is 25.0 Å². The van der Waals surface area contributed by atoms with Crippen LogP contribution in [0.1, 0.15) is 44.8 Å². The molecule has 17 heavy (non-hydrogen) atoms. The highest BCUT2D eigenvalue weighted by atomic mass is 79.9. The van der Waals surface area contributed by atoms with Crippen LogP contribution in [0.3, 0.4) is 0 Å². The molecule has 3 nitrogen and oxygen atoms in total. The van der Waals surface area contributed by atoms with E-state index in [1.807, 2.05) is 17.9 Å². The Morgan fingerprint density at radius 3 is 2.82 bits per heavy atom. The second kappa shape index (κ2) is 5.53. The molecule has 0 radical (unpaired) electrons. The van der Waals surface area contributed by atoms with Gasteiger partial charge in [0.05, 0.1) is 22.4 Å². The quantitative estimate of drug-likeness (QED) is 0.925. The molecule has 1 fully saturated rings. The summed E-state index contributed by atoms with van der Waals surface area (Å²) in [4.78, 5) is 0. The zero-order valence-corrected chi connectivity index (χ0v) is 12.5. The van der Waals surface area contributed by atoms with Crippen molar-refractivity contribution in [3.05, 3.63) is 16.4 Å². The van der Waals surface area contributed by atoms with Crippen molar-refractivity contribution >= 4 is 15.9 Å². The van der Waals surface area contributed by atoms with Gasteiger partial charge in [-0.25, -0.2) is 0 Å². The van der Waals surface area contributed by atoms with Crippen LogP contribution >= 0.6 is 15.9 Å². The summed E-state index contributed by atoms with van der Waals surface area (Å²) in [5.74, 6) is 1.54. The Labute approximate surface area is 112 Å². The molecule has 0 bridgehead atoms. The first-order chi connectivity index (χ1) is 8.15. The fraction of sp³-hybridized carbons (Fsp3) is 0.769. The average molecular weight is 300 g/mol. The maximum Gasteiger partial charge on any atom is 0.0695 e. The first kappa shape index (κ1) is 13.1. The molecule has 1 aliphatic carbocycles. The van der Waals surface area contributed by atoms with E-state index in [9.17, 15) is 0 Å². The van der Waals surface area contributed by atoms with E-state index >= 15 is 0 Å². The standard InChI is InChI=1S/C13H22BrN3/c1-4-15-12(10-7-5-6-9(10)2)13-11(14)8-16-17(13)3/h8-10,12,15H,4-7H2,1-3H3. The highest BCUT2D eigenvalue weighted by Crippen LogP contribution is 2.41. The zero-order chi connectivity index (χ0) is 12.4. The number of rotatable bonds is 4. The van der Waals surface area contributed by atoms with Crippen LogP contribution in [0.15, 0.2) is 10.7 Å². The third kappa shape index (κ3) is 2.58. The van der Waals surface area contributed by atoms with Crippen molar-refractivity contribution in [2.24, 2.45) is 18.9 Å². The molecule has 1 N–H and O–H groups in total. The van der Waals surface area contributed by atoms with Gasteiger partial charge in [0.1, 0.15) is 0 Å². The van der Waals surface area contributed by atoms with Gasteiger partial charge in [-0.1, -0.05) is 26.7 Å². The Morgan fingerprint density at radius 1 is 1.59 bits per heavy atom. The highest BCUT2D eigenvalue weighted by Gasteiger charge is 2.33. The lowest BCUT2D eigenvalue weighted by Gasteiger charge is -2.28. The Bertz CT molecular complexity index is 355.